The van der Waals surface area contributed by atoms with E-state index >= 15 is 0 Å². The molecule has 4 unspecified atom stereocenters. The van der Waals surface area contributed by atoms with Gasteiger partial charge in [0.1, 0.15) is 0 Å². The summed E-state index contributed by atoms with van der Waals surface area (Å²) in [6.45, 7) is 4.44. The predicted octanol–water partition coefficient (Wildman–Crippen LogP) is 1.95. The van der Waals surface area contributed by atoms with E-state index in [-0.39, 0.29) is 5.91 Å². The maximum Gasteiger partial charge on any atom is 0.220 e. The highest BCUT2D eigenvalue weighted by molar-refractivity contribution is 5.77. The molecule has 0 heterocycles. The molecular weight excluding hydrogens is 162 g/mol. The third kappa shape index (κ3) is 2.04. The first kappa shape index (κ1) is 9.04. The van der Waals surface area contributed by atoms with Crippen LogP contribution in [-0.2, 0) is 4.79 Å². The van der Waals surface area contributed by atoms with Crippen LogP contribution in [0.5, 0.6) is 0 Å². The molecule has 2 aliphatic carbocycles. The van der Waals surface area contributed by atoms with Gasteiger partial charge in [-0.2, -0.15) is 0 Å². The summed E-state index contributed by atoms with van der Waals surface area (Å²) >= 11 is 0. The van der Waals surface area contributed by atoms with E-state index in [0.29, 0.717) is 17.9 Å². The minimum atomic E-state index is 0.283. The highest BCUT2D eigenvalue weighted by Crippen LogP contribution is 2.40. The van der Waals surface area contributed by atoms with Crippen molar-refractivity contribution in [1.29, 1.82) is 0 Å². The second-order valence-electron chi connectivity index (χ2n) is 4.91. The Balaban J connectivity index is 1.66. The van der Waals surface area contributed by atoms with E-state index in [4.69, 9.17) is 0 Å². The summed E-state index contributed by atoms with van der Waals surface area (Å²) in [6, 6.07) is 0.488. The van der Waals surface area contributed by atoms with Crippen LogP contribution < -0.4 is 5.32 Å². The third-order valence-electron chi connectivity index (χ3n) is 3.69. The highest BCUT2D eigenvalue weighted by Gasteiger charge is 2.35. The van der Waals surface area contributed by atoms with Gasteiger partial charge >= 0.3 is 0 Å². The van der Waals surface area contributed by atoms with E-state index in [1.54, 1.807) is 0 Å². The van der Waals surface area contributed by atoms with Gasteiger partial charge in [-0.3, -0.25) is 4.79 Å². The largest absolute Gasteiger partial charge is 0.353 e. The van der Waals surface area contributed by atoms with Crippen LogP contribution >= 0.6 is 0 Å². The van der Waals surface area contributed by atoms with Gasteiger partial charge in [-0.1, -0.05) is 13.8 Å². The van der Waals surface area contributed by atoms with Crippen molar-refractivity contribution in [2.24, 2.45) is 17.8 Å². The van der Waals surface area contributed by atoms with Gasteiger partial charge in [0.2, 0.25) is 5.91 Å². The molecule has 0 spiro atoms. The first-order valence-electron chi connectivity index (χ1n) is 5.46. The first-order valence-corrected chi connectivity index (χ1v) is 5.46. The van der Waals surface area contributed by atoms with Gasteiger partial charge in [0, 0.05) is 12.5 Å². The van der Waals surface area contributed by atoms with Crippen molar-refractivity contribution in [3.63, 3.8) is 0 Å². The Labute approximate surface area is 80.1 Å². The molecule has 2 heteroatoms. The van der Waals surface area contributed by atoms with Crippen molar-refractivity contribution in [2.45, 2.75) is 45.6 Å². The van der Waals surface area contributed by atoms with E-state index in [2.05, 4.69) is 19.2 Å². The Morgan fingerprint density at radius 3 is 2.38 bits per heavy atom. The molecule has 2 saturated carbocycles. The van der Waals surface area contributed by atoms with Gasteiger partial charge in [-0.05, 0) is 37.0 Å². The molecular formula is C11H19NO. The van der Waals surface area contributed by atoms with Crippen molar-refractivity contribution >= 4 is 5.91 Å². The lowest BCUT2D eigenvalue weighted by Gasteiger charge is -2.34. The lowest BCUT2D eigenvalue weighted by molar-refractivity contribution is -0.123. The van der Waals surface area contributed by atoms with Crippen molar-refractivity contribution < 1.29 is 4.79 Å². The Hall–Kier alpha value is -0.530. The Morgan fingerprint density at radius 2 is 2.00 bits per heavy atom. The summed E-state index contributed by atoms with van der Waals surface area (Å²) in [7, 11) is 0. The smallest absolute Gasteiger partial charge is 0.220 e. The third-order valence-corrected chi connectivity index (χ3v) is 3.69. The van der Waals surface area contributed by atoms with Crippen molar-refractivity contribution in [3.8, 4) is 0 Å². The van der Waals surface area contributed by atoms with Crippen LogP contribution in [0.25, 0.3) is 0 Å². The molecule has 0 aromatic rings. The van der Waals surface area contributed by atoms with Crippen LogP contribution in [0.1, 0.15) is 39.5 Å². The van der Waals surface area contributed by atoms with Crippen molar-refractivity contribution in [1.82, 2.24) is 5.32 Å². The standard InChI is InChI=1S/C11H19NO/c1-7-3-4-10(7)12-11(13)6-9-5-8(9)2/h7-10H,3-6H2,1-2H3,(H,12,13). The fourth-order valence-corrected chi connectivity index (χ4v) is 2.07. The van der Waals surface area contributed by atoms with Gasteiger partial charge in [-0.15, -0.1) is 0 Å². The summed E-state index contributed by atoms with van der Waals surface area (Å²) < 4.78 is 0. The van der Waals surface area contributed by atoms with Gasteiger partial charge in [0.25, 0.3) is 0 Å². The molecule has 0 aromatic carbocycles. The zero-order valence-corrected chi connectivity index (χ0v) is 8.55. The molecule has 0 bridgehead atoms. The summed E-state index contributed by atoms with van der Waals surface area (Å²) in [6.07, 6.45) is 4.50. The Morgan fingerprint density at radius 1 is 1.31 bits per heavy atom. The maximum atomic E-state index is 11.5. The number of amides is 1. The molecule has 2 rings (SSSR count). The zero-order valence-electron chi connectivity index (χ0n) is 8.55. The highest BCUT2D eigenvalue weighted by atomic mass is 16.1. The van der Waals surface area contributed by atoms with Crippen LogP contribution in [-0.4, -0.2) is 11.9 Å². The maximum absolute atomic E-state index is 11.5. The van der Waals surface area contributed by atoms with Crippen LogP contribution in [0.4, 0.5) is 0 Å². The average Bonchev–Trinajstić information content (AvgIpc) is 2.75. The number of carbonyl (C=O) groups is 1. The summed E-state index contributed by atoms with van der Waals surface area (Å²) in [4.78, 5) is 11.5. The average molecular weight is 181 g/mol. The van der Waals surface area contributed by atoms with Gasteiger partial charge in [0.15, 0.2) is 0 Å². The van der Waals surface area contributed by atoms with E-state index in [9.17, 15) is 4.79 Å². The quantitative estimate of drug-likeness (QED) is 0.708. The molecule has 13 heavy (non-hydrogen) atoms. The van der Waals surface area contributed by atoms with Crippen molar-refractivity contribution in [2.75, 3.05) is 0 Å². The first-order chi connectivity index (χ1) is 6.16. The lowest BCUT2D eigenvalue weighted by atomic mass is 9.81. The lowest BCUT2D eigenvalue weighted by Crippen LogP contribution is -2.45. The molecule has 2 aliphatic rings. The Kier molecular flexibility index (Phi) is 2.31. The molecule has 4 atom stereocenters. The summed E-state index contributed by atoms with van der Waals surface area (Å²) in [5, 5.41) is 3.12. The van der Waals surface area contributed by atoms with Gasteiger partial charge < -0.3 is 5.32 Å². The van der Waals surface area contributed by atoms with Crippen LogP contribution in [0.3, 0.4) is 0 Å². The fraction of sp³-hybridized carbons (Fsp3) is 0.909. The number of carbonyl (C=O) groups excluding carboxylic acids is 1. The molecule has 0 aromatic heterocycles. The number of rotatable bonds is 3. The minimum Gasteiger partial charge on any atom is -0.353 e. The van der Waals surface area contributed by atoms with Crippen molar-refractivity contribution in [3.05, 3.63) is 0 Å². The molecule has 74 valence electrons. The molecule has 1 N–H and O–H groups in total. The number of hydrogen-bond donors (Lipinski definition) is 1. The summed E-state index contributed by atoms with van der Waals surface area (Å²) in [5.74, 6) is 2.48. The monoisotopic (exact) mass is 181 g/mol. The molecule has 2 fully saturated rings. The topological polar surface area (TPSA) is 29.1 Å². The molecule has 0 saturated heterocycles. The van der Waals surface area contributed by atoms with Crippen LogP contribution in [0, 0.1) is 17.8 Å². The number of nitrogens with one attached hydrogen (secondary N) is 1. The van der Waals surface area contributed by atoms with E-state index in [1.807, 2.05) is 0 Å². The van der Waals surface area contributed by atoms with Crippen LogP contribution in [0.2, 0.25) is 0 Å². The summed E-state index contributed by atoms with van der Waals surface area (Å²) in [5.41, 5.74) is 0. The predicted molar refractivity (Wildman–Crippen MR) is 52.2 cm³/mol. The van der Waals surface area contributed by atoms with E-state index in [0.717, 1.165) is 12.3 Å². The van der Waals surface area contributed by atoms with E-state index < -0.39 is 0 Å². The minimum absolute atomic E-state index is 0.283. The van der Waals surface area contributed by atoms with Crippen LogP contribution in [0.15, 0.2) is 0 Å². The molecule has 0 radical (unpaired) electrons. The van der Waals surface area contributed by atoms with Gasteiger partial charge in [0.05, 0.1) is 0 Å². The Bertz CT molecular complexity index is 214. The number of hydrogen-bond acceptors (Lipinski definition) is 1. The zero-order chi connectivity index (χ0) is 9.42. The SMILES string of the molecule is CC1CC1CC(=O)NC1CCC1C. The molecule has 1 amide bonds. The molecule has 2 nitrogen and oxygen atoms in total. The normalized spacial score (nSPS) is 42.3. The second kappa shape index (κ2) is 3.32. The van der Waals surface area contributed by atoms with E-state index in [1.165, 1.54) is 19.3 Å². The second-order valence-corrected chi connectivity index (χ2v) is 4.91. The molecule has 0 aliphatic heterocycles. The van der Waals surface area contributed by atoms with Gasteiger partial charge in [-0.25, -0.2) is 0 Å². The fourth-order valence-electron chi connectivity index (χ4n) is 2.07.